The number of carbonyl (C=O) groups is 2. The van der Waals surface area contributed by atoms with Crippen LogP contribution in [0, 0.1) is 0 Å². The summed E-state index contributed by atoms with van der Waals surface area (Å²) in [5.41, 5.74) is 1.61. The van der Waals surface area contributed by atoms with E-state index in [1.54, 1.807) is 24.5 Å². The van der Waals surface area contributed by atoms with Gasteiger partial charge in [0.2, 0.25) is 5.91 Å². The number of Topliss-reactive ketones (excluding diaryl/α,β-unsaturated/α-hetero) is 1. The van der Waals surface area contributed by atoms with Gasteiger partial charge in [-0.05, 0) is 36.4 Å². The van der Waals surface area contributed by atoms with Crippen LogP contribution in [0.2, 0.25) is 0 Å². The lowest BCUT2D eigenvalue weighted by atomic mass is 9.93. The molecule has 0 aliphatic carbocycles. The average Bonchev–Trinajstić information content (AvgIpc) is 2.77. The third kappa shape index (κ3) is 4.09. The number of ketones is 1. The number of amides is 1. The Morgan fingerprint density at radius 1 is 1.04 bits per heavy atom. The zero-order valence-corrected chi connectivity index (χ0v) is 15.8. The van der Waals surface area contributed by atoms with Crippen molar-refractivity contribution in [3.8, 4) is 0 Å². The Morgan fingerprint density at radius 3 is 2.71 bits per heavy atom. The molecule has 1 aliphatic heterocycles. The maximum Gasteiger partial charge on any atom is 0.223 e. The van der Waals surface area contributed by atoms with Crippen LogP contribution in [0.25, 0.3) is 10.8 Å². The van der Waals surface area contributed by atoms with Gasteiger partial charge >= 0.3 is 0 Å². The molecule has 4 rings (SSSR count). The number of rotatable bonds is 5. The summed E-state index contributed by atoms with van der Waals surface area (Å²) >= 11 is 0. The molecule has 1 fully saturated rings. The monoisotopic (exact) mass is 373 g/mol. The molecule has 3 aromatic rings. The van der Waals surface area contributed by atoms with Crippen LogP contribution in [0.3, 0.4) is 0 Å². The highest BCUT2D eigenvalue weighted by molar-refractivity contribution is 5.97. The first-order valence-electron chi connectivity index (χ1n) is 9.76. The number of piperidine rings is 1. The summed E-state index contributed by atoms with van der Waals surface area (Å²) in [7, 11) is 0. The third-order valence-electron chi connectivity index (χ3n) is 5.39. The molecular formula is C23H23N3O2. The van der Waals surface area contributed by atoms with E-state index in [1.165, 1.54) is 5.39 Å². The smallest absolute Gasteiger partial charge is 0.223 e. The van der Waals surface area contributed by atoms with Gasteiger partial charge < -0.3 is 4.90 Å². The predicted octanol–water partition coefficient (Wildman–Crippen LogP) is 4.00. The quantitative estimate of drug-likeness (QED) is 0.634. The Balaban J connectivity index is 1.38. The summed E-state index contributed by atoms with van der Waals surface area (Å²) in [6.07, 6.45) is 7.56. The minimum Gasteiger partial charge on any atom is -0.342 e. The van der Waals surface area contributed by atoms with Crippen LogP contribution in [-0.4, -0.2) is 39.6 Å². The van der Waals surface area contributed by atoms with Gasteiger partial charge in [0, 0.05) is 67.1 Å². The summed E-state index contributed by atoms with van der Waals surface area (Å²) < 4.78 is 0. The number of pyridine rings is 2. The maximum absolute atomic E-state index is 12.7. The molecule has 0 unspecified atom stereocenters. The summed E-state index contributed by atoms with van der Waals surface area (Å²) in [6, 6.07) is 13.8. The zero-order chi connectivity index (χ0) is 19.3. The standard InChI is InChI=1S/C23H23N3O2/c27-22(19-7-3-11-24-14-19)9-10-23(28)26-12-4-8-20(16-26)21-13-17-5-1-2-6-18(17)15-25-21/h1-3,5-7,11,13-15,20H,4,8-10,12,16H2/t20-/m0/s1. The predicted molar refractivity (Wildman–Crippen MR) is 108 cm³/mol. The first-order chi connectivity index (χ1) is 13.7. The zero-order valence-electron chi connectivity index (χ0n) is 15.8. The van der Waals surface area contributed by atoms with Gasteiger partial charge in [0.05, 0.1) is 0 Å². The lowest BCUT2D eigenvalue weighted by Gasteiger charge is -2.32. The van der Waals surface area contributed by atoms with Crippen LogP contribution in [-0.2, 0) is 4.79 Å². The van der Waals surface area contributed by atoms with Crippen molar-refractivity contribution in [2.45, 2.75) is 31.6 Å². The normalized spacial score (nSPS) is 16.9. The second kappa shape index (κ2) is 8.30. The van der Waals surface area contributed by atoms with Crippen molar-refractivity contribution in [1.29, 1.82) is 0 Å². The maximum atomic E-state index is 12.7. The molecule has 1 saturated heterocycles. The fourth-order valence-corrected chi connectivity index (χ4v) is 3.82. The van der Waals surface area contributed by atoms with Crippen LogP contribution >= 0.6 is 0 Å². The van der Waals surface area contributed by atoms with Crippen molar-refractivity contribution in [3.63, 3.8) is 0 Å². The Morgan fingerprint density at radius 2 is 1.89 bits per heavy atom. The number of likely N-dealkylation sites (tertiary alicyclic amines) is 1. The van der Waals surface area contributed by atoms with Gasteiger partial charge in [-0.15, -0.1) is 0 Å². The molecule has 0 radical (unpaired) electrons. The Kier molecular flexibility index (Phi) is 5.42. The molecule has 5 nitrogen and oxygen atoms in total. The first-order valence-corrected chi connectivity index (χ1v) is 9.76. The van der Waals surface area contributed by atoms with E-state index >= 15 is 0 Å². The van der Waals surface area contributed by atoms with E-state index in [-0.39, 0.29) is 30.4 Å². The second-order valence-electron chi connectivity index (χ2n) is 7.30. The van der Waals surface area contributed by atoms with E-state index in [2.05, 4.69) is 28.2 Å². The lowest BCUT2D eigenvalue weighted by molar-refractivity contribution is -0.132. The summed E-state index contributed by atoms with van der Waals surface area (Å²) in [4.78, 5) is 35.4. The highest BCUT2D eigenvalue weighted by atomic mass is 16.2. The molecule has 1 aromatic carbocycles. The third-order valence-corrected chi connectivity index (χ3v) is 5.39. The summed E-state index contributed by atoms with van der Waals surface area (Å²) in [6.45, 7) is 1.43. The Labute approximate surface area is 164 Å². The number of hydrogen-bond donors (Lipinski definition) is 0. The fourth-order valence-electron chi connectivity index (χ4n) is 3.82. The molecule has 1 amide bonds. The van der Waals surface area contributed by atoms with Gasteiger partial charge in [-0.25, -0.2) is 0 Å². The average molecular weight is 373 g/mol. The number of hydrogen-bond acceptors (Lipinski definition) is 4. The van der Waals surface area contributed by atoms with Gasteiger partial charge in [-0.3, -0.25) is 19.6 Å². The van der Waals surface area contributed by atoms with Crippen molar-refractivity contribution in [2.75, 3.05) is 13.1 Å². The van der Waals surface area contributed by atoms with E-state index in [4.69, 9.17) is 0 Å². The number of fused-ring (bicyclic) bond motifs is 1. The molecule has 142 valence electrons. The number of benzene rings is 1. The summed E-state index contributed by atoms with van der Waals surface area (Å²) in [5, 5.41) is 2.31. The van der Waals surface area contributed by atoms with E-state index in [0.717, 1.165) is 30.5 Å². The fraction of sp³-hybridized carbons (Fsp3) is 0.304. The molecule has 0 bridgehead atoms. The van der Waals surface area contributed by atoms with Crippen LogP contribution in [0.15, 0.2) is 61.1 Å². The van der Waals surface area contributed by atoms with Crippen molar-refractivity contribution in [3.05, 3.63) is 72.3 Å². The van der Waals surface area contributed by atoms with Gasteiger partial charge in [-0.1, -0.05) is 24.3 Å². The van der Waals surface area contributed by atoms with E-state index in [9.17, 15) is 9.59 Å². The van der Waals surface area contributed by atoms with Crippen LogP contribution < -0.4 is 0 Å². The molecule has 0 saturated carbocycles. The topological polar surface area (TPSA) is 63.2 Å². The molecule has 0 spiro atoms. The van der Waals surface area contributed by atoms with E-state index in [1.807, 2.05) is 23.2 Å². The van der Waals surface area contributed by atoms with Crippen molar-refractivity contribution in [1.82, 2.24) is 14.9 Å². The molecule has 1 aliphatic rings. The Hall–Kier alpha value is -3.08. The van der Waals surface area contributed by atoms with Gasteiger partial charge in [0.1, 0.15) is 0 Å². The van der Waals surface area contributed by atoms with Crippen molar-refractivity contribution in [2.24, 2.45) is 0 Å². The van der Waals surface area contributed by atoms with Gasteiger partial charge in [-0.2, -0.15) is 0 Å². The second-order valence-corrected chi connectivity index (χ2v) is 7.30. The minimum absolute atomic E-state index is 0.0359. The number of nitrogens with zero attached hydrogens (tertiary/aromatic N) is 3. The van der Waals surface area contributed by atoms with E-state index in [0.29, 0.717) is 12.1 Å². The van der Waals surface area contributed by atoms with Gasteiger partial charge in [0.25, 0.3) is 0 Å². The molecule has 1 atom stereocenters. The lowest BCUT2D eigenvalue weighted by Crippen LogP contribution is -2.39. The van der Waals surface area contributed by atoms with Crippen molar-refractivity contribution < 1.29 is 9.59 Å². The van der Waals surface area contributed by atoms with E-state index < -0.39 is 0 Å². The molecule has 3 heterocycles. The molecular weight excluding hydrogens is 350 g/mol. The number of carbonyl (C=O) groups excluding carboxylic acids is 2. The summed E-state index contributed by atoms with van der Waals surface area (Å²) in [5.74, 6) is 0.255. The van der Waals surface area contributed by atoms with Gasteiger partial charge in [0.15, 0.2) is 5.78 Å². The molecule has 28 heavy (non-hydrogen) atoms. The van der Waals surface area contributed by atoms with Crippen LogP contribution in [0.4, 0.5) is 0 Å². The number of aromatic nitrogens is 2. The van der Waals surface area contributed by atoms with Crippen LogP contribution in [0.1, 0.15) is 47.7 Å². The first kappa shape index (κ1) is 18.3. The highest BCUT2D eigenvalue weighted by Gasteiger charge is 2.26. The highest BCUT2D eigenvalue weighted by Crippen LogP contribution is 2.28. The largest absolute Gasteiger partial charge is 0.342 e. The molecule has 2 aromatic heterocycles. The van der Waals surface area contributed by atoms with Crippen molar-refractivity contribution >= 4 is 22.5 Å². The molecule has 0 N–H and O–H groups in total. The van der Waals surface area contributed by atoms with Crippen LogP contribution in [0.5, 0.6) is 0 Å². The molecule has 5 heteroatoms. The Bertz CT molecular complexity index is 987. The minimum atomic E-state index is -0.0359. The SMILES string of the molecule is O=C(CCC(=O)N1CCC[C@H](c2cc3ccccc3cn2)C1)c1cccnc1.